The maximum atomic E-state index is 10.8. The summed E-state index contributed by atoms with van der Waals surface area (Å²) in [6.07, 6.45) is 1.56. The summed E-state index contributed by atoms with van der Waals surface area (Å²) in [5.74, 6) is 1.97. The minimum atomic E-state index is -0.214. The van der Waals surface area contributed by atoms with Crippen LogP contribution in [0.15, 0.2) is 53.6 Å². The molecule has 0 aromatic heterocycles. The number of carbonyl (C=O) groups is 1. The van der Waals surface area contributed by atoms with E-state index in [4.69, 9.17) is 14.2 Å². The second-order valence-electron chi connectivity index (χ2n) is 4.87. The third-order valence-electron chi connectivity index (χ3n) is 2.96. The van der Waals surface area contributed by atoms with Gasteiger partial charge >= 0.3 is 0 Å². The Bertz CT molecular complexity index is 701. The molecule has 1 N–H and O–H groups in total. The number of ether oxygens (including phenoxy) is 3. The van der Waals surface area contributed by atoms with Crippen molar-refractivity contribution in [3.8, 4) is 17.2 Å². The van der Waals surface area contributed by atoms with Gasteiger partial charge in [0.05, 0.1) is 13.3 Å². The molecule has 0 saturated carbocycles. The van der Waals surface area contributed by atoms with Crippen molar-refractivity contribution in [1.82, 2.24) is 5.43 Å². The summed E-state index contributed by atoms with van der Waals surface area (Å²) in [6.45, 7) is 2.22. The minimum absolute atomic E-state index is 0.214. The Kier molecular flexibility index (Phi) is 6.64. The van der Waals surface area contributed by atoms with E-state index >= 15 is 0 Å². The van der Waals surface area contributed by atoms with E-state index in [-0.39, 0.29) is 5.91 Å². The highest BCUT2D eigenvalue weighted by Gasteiger charge is 1.99. The van der Waals surface area contributed by atoms with Crippen LogP contribution in [0.25, 0.3) is 0 Å². The van der Waals surface area contributed by atoms with Gasteiger partial charge in [0.2, 0.25) is 5.91 Å². The molecule has 6 nitrogen and oxygen atoms in total. The zero-order valence-electron chi connectivity index (χ0n) is 13.7. The summed E-state index contributed by atoms with van der Waals surface area (Å²) in [7, 11) is 1.62. The van der Waals surface area contributed by atoms with Crippen LogP contribution < -0.4 is 19.6 Å². The monoisotopic (exact) mass is 328 g/mol. The van der Waals surface area contributed by atoms with Gasteiger partial charge in [0.15, 0.2) is 0 Å². The number of nitrogens with zero attached hydrogens (tertiary/aromatic N) is 1. The van der Waals surface area contributed by atoms with Crippen molar-refractivity contribution >= 4 is 12.1 Å². The van der Waals surface area contributed by atoms with Crippen LogP contribution in [0.2, 0.25) is 0 Å². The van der Waals surface area contributed by atoms with Crippen LogP contribution in [-0.2, 0) is 4.79 Å². The molecule has 0 unspecified atom stereocenters. The van der Waals surface area contributed by atoms with Gasteiger partial charge in [-0.2, -0.15) is 5.10 Å². The highest BCUT2D eigenvalue weighted by molar-refractivity contribution is 5.82. The number of amides is 1. The standard InChI is InChI=1S/C18H20N2O4/c1-14(21)20-19-13-15-5-3-7-17(11-15)23-9-10-24-18-8-4-6-16(12-18)22-2/h3-8,11-13H,9-10H2,1-2H3,(H,20,21)/b19-13+. The van der Waals surface area contributed by atoms with Crippen molar-refractivity contribution in [3.05, 3.63) is 54.1 Å². The molecule has 126 valence electrons. The first-order valence-electron chi connectivity index (χ1n) is 7.47. The van der Waals surface area contributed by atoms with Crippen molar-refractivity contribution in [3.63, 3.8) is 0 Å². The van der Waals surface area contributed by atoms with Gasteiger partial charge in [-0.15, -0.1) is 0 Å². The summed E-state index contributed by atoms with van der Waals surface area (Å²) in [6, 6.07) is 14.8. The number of nitrogens with one attached hydrogen (secondary N) is 1. The Morgan fingerprint density at radius 1 is 1.04 bits per heavy atom. The molecule has 6 heteroatoms. The first-order valence-corrected chi connectivity index (χ1v) is 7.47. The number of benzene rings is 2. The lowest BCUT2D eigenvalue weighted by Crippen LogP contribution is -2.12. The van der Waals surface area contributed by atoms with E-state index in [0.717, 1.165) is 17.1 Å². The van der Waals surface area contributed by atoms with E-state index in [1.54, 1.807) is 13.3 Å². The van der Waals surface area contributed by atoms with Gasteiger partial charge in [-0.1, -0.05) is 18.2 Å². The number of rotatable bonds is 8. The number of carbonyl (C=O) groups excluding carboxylic acids is 1. The van der Waals surface area contributed by atoms with Crippen LogP contribution >= 0.6 is 0 Å². The van der Waals surface area contributed by atoms with E-state index in [2.05, 4.69) is 10.5 Å². The minimum Gasteiger partial charge on any atom is -0.497 e. The molecule has 0 aliphatic carbocycles. The van der Waals surface area contributed by atoms with Crippen molar-refractivity contribution < 1.29 is 19.0 Å². The number of methoxy groups -OCH3 is 1. The van der Waals surface area contributed by atoms with Gasteiger partial charge in [0, 0.05) is 13.0 Å². The molecule has 0 bridgehead atoms. The summed E-state index contributed by atoms with van der Waals surface area (Å²) in [5, 5.41) is 3.82. The summed E-state index contributed by atoms with van der Waals surface area (Å²) in [5.41, 5.74) is 3.18. The molecule has 0 aliphatic rings. The second-order valence-corrected chi connectivity index (χ2v) is 4.87. The Morgan fingerprint density at radius 2 is 1.67 bits per heavy atom. The van der Waals surface area contributed by atoms with Gasteiger partial charge in [-0.3, -0.25) is 4.79 Å². The van der Waals surface area contributed by atoms with Gasteiger partial charge in [0.1, 0.15) is 30.5 Å². The third-order valence-corrected chi connectivity index (χ3v) is 2.96. The van der Waals surface area contributed by atoms with Crippen molar-refractivity contribution in [1.29, 1.82) is 0 Å². The number of hydrazone groups is 1. The molecule has 24 heavy (non-hydrogen) atoms. The molecule has 0 atom stereocenters. The smallest absolute Gasteiger partial charge is 0.236 e. The molecule has 0 radical (unpaired) electrons. The van der Waals surface area contributed by atoms with Gasteiger partial charge in [0.25, 0.3) is 0 Å². The van der Waals surface area contributed by atoms with E-state index in [0.29, 0.717) is 19.0 Å². The first-order chi connectivity index (χ1) is 11.7. The van der Waals surface area contributed by atoms with Crippen LogP contribution in [0, 0.1) is 0 Å². The molecule has 1 amide bonds. The van der Waals surface area contributed by atoms with Gasteiger partial charge in [-0.25, -0.2) is 5.43 Å². The molecule has 0 saturated heterocycles. The van der Waals surface area contributed by atoms with Gasteiger partial charge < -0.3 is 14.2 Å². The van der Waals surface area contributed by atoms with Crippen LogP contribution in [-0.4, -0.2) is 32.4 Å². The lowest BCUT2D eigenvalue weighted by molar-refractivity contribution is -0.118. The zero-order valence-corrected chi connectivity index (χ0v) is 13.7. The van der Waals surface area contributed by atoms with E-state index in [1.807, 2.05) is 48.5 Å². The van der Waals surface area contributed by atoms with Crippen LogP contribution in [0.1, 0.15) is 12.5 Å². The number of hydrogen-bond donors (Lipinski definition) is 1. The molecule has 2 rings (SSSR count). The van der Waals surface area contributed by atoms with E-state index < -0.39 is 0 Å². The van der Waals surface area contributed by atoms with E-state index in [1.165, 1.54) is 6.92 Å². The maximum absolute atomic E-state index is 10.8. The fraction of sp³-hybridized carbons (Fsp3) is 0.222. The molecule has 2 aromatic carbocycles. The summed E-state index contributed by atoms with van der Waals surface area (Å²) >= 11 is 0. The Labute approximate surface area is 141 Å². The largest absolute Gasteiger partial charge is 0.497 e. The van der Waals surface area contributed by atoms with Gasteiger partial charge in [-0.05, 0) is 29.8 Å². The topological polar surface area (TPSA) is 69.2 Å². The zero-order chi connectivity index (χ0) is 17.2. The molecule has 0 aliphatic heterocycles. The third kappa shape index (κ3) is 6.00. The predicted molar refractivity (Wildman–Crippen MR) is 91.8 cm³/mol. The molecular formula is C18H20N2O4. The summed E-state index contributed by atoms with van der Waals surface area (Å²) in [4.78, 5) is 10.8. The first kappa shape index (κ1) is 17.3. The van der Waals surface area contributed by atoms with Crippen LogP contribution in [0.5, 0.6) is 17.2 Å². The SMILES string of the molecule is COc1cccc(OCCOc2cccc(/C=N/NC(C)=O)c2)c1. The van der Waals surface area contributed by atoms with Crippen molar-refractivity contribution in [2.45, 2.75) is 6.92 Å². The lowest BCUT2D eigenvalue weighted by atomic mass is 10.2. The van der Waals surface area contributed by atoms with Crippen LogP contribution in [0.4, 0.5) is 0 Å². The molecule has 0 fully saturated rings. The second kappa shape index (κ2) is 9.19. The average molecular weight is 328 g/mol. The molecule has 0 spiro atoms. The number of hydrogen-bond acceptors (Lipinski definition) is 5. The van der Waals surface area contributed by atoms with Crippen LogP contribution in [0.3, 0.4) is 0 Å². The normalized spacial score (nSPS) is 10.4. The Balaban J connectivity index is 1.79. The Morgan fingerprint density at radius 3 is 2.33 bits per heavy atom. The molecule has 2 aromatic rings. The highest BCUT2D eigenvalue weighted by Crippen LogP contribution is 2.18. The summed E-state index contributed by atoms with van der Waals surface area (Å²) < 4.78 is 16.4. The fourth-order valence-electron chi connectivity index (χ4n) is 1.89. The fourth-order valence-corrected chi connectivity index (χ4v) is 1.89. The Hall–Kier alpha value is -3.02. The van der Waals surface area contributed by atoms with Crippen molar-refractivity contribution in [2.24, 2.45) is 5.10 Å². The average Bonchev–Trinajstić information content (AvgIpc) is 2.59. The molecular weight excluding hydrogens is 308 g/mol. The quantitative estimate of drug-likeness (QED) is 0.459. The van der Waals surface area contributed by atoms with Crippen molar-refractivity contribution in [2.75, 3.05) is 20.3 Å². The van der Waals surface area contributed by atoms with E-state index in [9.17, 15) is 4.79 Å². The lowest BCUT2D eigenvalue weighted by Gasteiger charge is -2.09. The predicted octanol–water partition coefficient (Wildman–Crippen LogP) is 2.62. The highest BCUT2D eigenvalue weighted by atomic mass is 16.5. The molecule has 0 heterocycles. The maximum Gasteiger partial charge on any atom is 0.236 e.